The molecule has 1 amide bonds. The molecule has 6 heteroatoms. The van der Waals surface area contributed by atoms with Crippen LogP contribution in [0.2, 0.25) is 0 Å². The fraction of sp³-hybridized carbons (Fsp3) is 0.692. The highest BCUT2D eigenvalue weighted by Crippen LogP contribution is 2.14. The number of likely N-dealkylation sites (N-methyl/N-ethyl adjacent to an activating group) is 1. The van der Waals surface area contributed by atoms with Gasteiger partial charge in [0.1, 0.15) is 6.04 Å². The van der Waals surface area contributed by atoms with Gasteiger partial charge in [-0.15, -0.1) is 0 Å². The number of aromatic nitrogens is 2. The summed E-state index contributed by atoms with van der Waals surface area (Å²) in [7, 11) is 5.56. The third-order valence-electron chi connectivity index (χ3n) is 3.79. The minimum atomic E-state index is -0.0802. The van der Waals surface area contributed by atoms with Crippen molar-refractivity contribution in [3.05, 3.63) is 17.5 Å². The number of rotatable bonds is 3. The van der Waals surface area contributed by atoms with Gasteiger partial charge in [-0.25, -0.2) is 0 Å². The molecule has 1 atom stereocenters. The van der Waals surface area contributed by atoms with E-state index in [4.69, 9.17) is 0 Å². The Labute approximate surface area is 114 Å². The Bertz CT molecular complexity index is 454. The van der Waals surface area contributed by atoms with Gasteiger partial charge in [-0.2, -0.15) is 5.10 Å². The molecule has 0 saturated carbocycles. The van der Waals surface area contributed by atoms with Crippen molar-refractivity contribution in [1.82, 2.24) is 24.9 Å². The first-order valence-electron chi connectivity index (χ1n) is 6.64. The Morgan fingerprint density at radius 1 is 1.58 bits per heavy atom. The smallest absolute Gasteiger partial charge is 0.240 e. The lowest BCUT2D eigenvalue weighted by Crippen LogP contribution is -2.57. The zero-order valence-corrected chi connectivity index (χ0v) is 12.2. The van der Waals surface area contributed by atoms with Crippen LogP contribution in [0.25, 0.3) is 0 Å². The SMILES string of the molecule is Cc1c(CN2CCNCC2C(=O)N(C)C)cnn1C. The molecule has 2 rings (SSSR count). The monoisotopic (exact) mass is 265 g/mol. The highest BCUT2D eigenvalue weighted by Gasteiger charge is 2.30. The summed E-state index contributed by atoms with van der Waals surface area (Å²) in [6.07, 6.45) is 1.90. The van der Waals surface area contributed by atoms with E-state index in [1.807, 2.05) is 32.0 Å². The molecule has 1 fully saturated rings. The van der Waals surface area contributed by atoms with Crippen molar-refractivity contribution in [2.24, 2.45) is 7.05 Å². The van der Waals surface area contributed by atoms with Crippen LogP contribution < -0.4 is 5.32 Å². The molecule has 1 unspecified atom stereocenters. The lowest BCUT2D eigenvalue weighted by atomic mass is 10.1. The van der Waals surface area contributed by atoms with Crippen molar-refractivity contribution in [2.75, 3.05) is 33.7 Å². The molecule has 1 aliphatic rings. The van der Waals surface area contributed by atoms with Crippen LogP contribution in [0.1, 0.15) is 11.3 Å². The van der Waals surface area contributed by atoms with E-state index in [1.54, 1.807) is 4.90 Å². The first kappa shape index (κ1) is 14.0. The third-order valence-corrected chi connectivity index (χ3v) is 3.79. The maximum absolute atomic E-state index is 12.2. The number of hydrogen-bond donors (Lipinski definition) is 1. The van der Waals surface area contributed by atoms with Crippen LogP contribution in [0.3, 0.4) is 0 Å². The van der Waals surface area contributed by atoms with Crippen LogP contribution in [0.5, 0.6) is 0 Å². The van der Waals surface area contributed by atoms with Gasteiger partial charge in [0.05, 0.1) is 6.20 Å². The number of hydrogen-bond acceptors (Lipinski definition) is 4. The van der Waals surface area contributed by atoms with Crippen LogP contribution in [-0.4, -0.2) is 65.3 Å². The Hall–Kier alpha value is -1.40. The summed E-state index contributed by atoms with van der Waals surface area (Å²) in [5.41, 5.74) is 2.36. The number of carbonyl (C=O) groups is 1. The van der Waals surface area contributed by atoms with E-state index < -0.39 is 0 Å². The molecule has 2 heterocycles. The Morgan fingerprint density at radius 2 is 2.32 bits per heavy atom. The van der Waals surface area contributed by atoms with Crippen LogP contribution in [-0.2, 0) is 18.4 Å². The number of carbonyl (C=O) groups excluding carboxylic acids is 1. The van der Waals surface area contributed by atoms with Gasteiger partial charge in [0, 0.05) is 58.6 Å². The minimum absolute atomic E-state index is 0.0802. The summed E-state index contributed by atoms with van der Waals surface area (Å²) < 4.78 is 1.88. The number of nitrogens with one attached hydrogen (secondary N) is 1. The quantitative estimate of drug-likeness (QED) is 0.807. The lowest BCUT2D eigenvalue weighted by Gasteiger charge is -2.36. The number of piperazine rings is 1. The van der Waals surface area contributed by atoms with Gasteiger partial charge in [-0.1, -0.05) is 0 Å². The summed E-state index contributed by atoms with van der Waals surface area (Å²) >= 11 is 0. The Morgan fingerprint density at radius 3 is 2.89 bits per heavy atom. The zero-order chi connectivity index (χ0) is 14.0. The molecule has 6 nitrogen and oxygen atoms in total. The first-order chi connectivity index (χ1) is 9.00. The largest absolute Gasteiger partial charge is 0.347 e. The second kappa shape index (κ2) is 5.71. The van der Waals surface area contributed by atoms with Gasteiger partial charge >= 0.3 is 0 Å². The van der Waals surface area contributed by atoms with Gasteiger partial charge in [-0.3, -0.25) is 14.4 Å². The van der Waals surface area contributed by atoms with E-state index in [-0.39, 0.29) is 11.9 Å². The highest BCUT2D eigenvalue weighted by atomic mass is 16.2. The van der Waals surface area contributed by atoms with Crippen molar-refractivity contribution in [3.8, 4) is 0 Å². The van der Waals surface area contributed by atoms with E-state index >= 15 is 0 Å². The van der Waals surface area contributed by atoms with Crippen LogP contribution in [0, 0.1) is 6.92 Å². The topological polar surface area (TPSA) is 53.4 Å². The molecule has 0 radical (unpaired) electrons. The summed E-state index contributed by atoms with van der Waals surface area (Å²) in [5.74, 6) is 0.161. The fourth-order valence-corrected chi connectivity index (χ4v) is 2.40. The molecule has 1 saturated heterocycles. The van der Waals surface area contributed by atoms with Crippen LogP contribution in [0.15, 0.2) is 6.20 Å². The molecule has 1 aliphatic heterocycles. The molecule has 1 aromatic heterocycles. The second-order valence-electron chi connectivity index (χ2n) is 5.30. The van der Waals surface area contributed by atoms with E-state index in [0.29, 0.717) is 0 Å². The van der Waals surface area contributed by atoms with Crippen molar-refractivity contribution in [1.29, 1.82) is 0 Å². The van der Waals surface area contributed by atoms with Gasteiger partial charge in [0.25, 0.3) is 0 Å². The van der Waals surface area contributed by atoms with E-state index in [1.165, 1.54) is 5.56 Å². The van der Waals surface area contributed by atoms with Gasteiger partial charge < -0.3 is 10.2 Å². The van der Waals surface area contributed by atoms with Crippen LogP contribution >= 0.6 is 0 Å². The maximum atomic E-state index is 12.2. The van der Waals surface area contributed by atoms with Gasteiger partial charge in [0.2, 0.25) is 5.91 Å². The predicted molar refractivity (Wildman–Crippen MR) is 73.7 cm³/mol. The predicted octanol–water partition coefficient (Wildman–Crippen LogP) is -0.409. The molecule has 19 heavy (non-hydrogen) atoms. The molecule has 1 N–H and O–H groups in total. The number of nitrogens with zero attached hydrogens (tertiary/aromatic N) is 4. The Balaban J connectivity index is 2.12. The zero-order valence-electron chi connectivity index (χ0n) is 12.2. The first-order valence-corrected chi connectivity index (χ1v) is 6.64. The molecular formula is C13H23N5O. The summed E-state index contributed by atoms with van der Waals surface area (Å²) in [6, 6.07) is -0.0802. The van der Waals surface area contributed by atoms with E-state index in [9.17, 15) is 4.79 Å². The van der Waals surface area contributed by atoms with Crippen LogP contribution in [0.4, 0.5) is 0 Å². The molecule has 0 spiro atoms. The average Bonchev–Trinajstić information content (AvgIpc) is 2.70. The molecule has 1 aromatic rings. The molecule has 0 bridgehead atoms. The van der Waals surface area contributed by atoms with Gasteiger partial charge in [0.15, 0.2) is 0 Å². The number of aryl methyl sites for hydroxylation is 1. The second-order valence-corrected chi connectivity index (χ2v) is 5.30. The Kier molecular flexibility index (Phi) is 4.21. The molecule has 0 aliphatic carbocycles. The number of amides is 1. The highest BCUT2D eigenvalue weighted by molar-refractivity contribution is 5.81. The van der Waals surface area contributed by atoms with Crippen molar-refractivity contribution < 1.29 is 4.79 Å². The minimum Gasteiger partial charge on any atom is -0.347 e. The average molecular weight is 265 g/mol. The lowest BCUT2D eigenvalue weighted by molar-refractivity contribution is -0.135. The van der Waals surface area contributed by atoms with E-state index in [2.05, 4.69) is 22.2 Å². The fourth-order valence-electron chi connectivity index (χ4n) is 2.40. The van der Waals surface area contributed by atoms with Crippen molar-refractivity contribution in [3.63, 3.8) is 0 Å². The third kappa shape index (κ3) is 2.96. The molecule has 0 aromatic carbocycles. The van der Waals surface area contributed by atoms with Crippen molar-refractivity contribution >= 4 is 5.91 Å². The van der Waals surface area contributed by atoms with Crippen molar-refractivity contribution in [2.45, 2.75) is 19.5 Å². The normalized spacial score (nSPS) is 20.5. The molecular weight excluding hydrogens is 242 g/mol. The molecule has 106 valence electrons. The summed E-state index contributed by atoms with van der Waals surface area (Å²) in [6.45, 7) is 5.38. The van der Waals surface area contributed by atoms with E-state index in [0.717, 1.165) is 31.9 Å². The van der Waals surface area contributed by atoms with Gasteiger partial charge in [-0.05, 0) is 6.92 Å². The summed E-state index contributed by atoms with van der Waals surface area (Å²) in [5, 5.41) is 7.56. The standard InChI is InChI=1S/C13H23N5O/c1-10-11(7-15-17(10)4)9-18-6-5-14-8-12(18)13(19)16(2)3/h7,12,14H,5-6,8-9H2,1-4H3. The summed E-state index contributed by atoms with van der Waals surface area (Å²) in [4.78, 5) is 16.1. The maximum Gasteiger partial charge on any atom is 0.240 e.